The lowest BCUT2D eigenvalue weighted by atomic mass is 10.0. The first-order valence-electron chi connectivity index (χ1n) is 10.3. The van der Waals surface area contributed by atoms with Crippen molar-refractivity contribution in [3.05, 3.63) is 48.0 Å². The highest BCUT2D eigenvalue weighted by molar-refractivity contribution is 6.04. The second kappa shape index (κ2) is 6.93. The topological polar surface area (TPSA) is 79.9 Å². The molecule has 2 N–H and O–H groups in total. The maximum Gasteiger partial charge on any atom is 0.258 e. The second-order valence-corrected chi connectivity index (χ2v) is 8.75. The van der Waals surface area contributed by atoms with Crippen LogP contribution in [-0.2, 0) is 16.0 Å². The molecule has 0 radical (unpaired) electrons. The fourth-order valence-corrected chi connectivity index (χ4v) is 4.61. The van der Waals surface area contributed by atoms with E-state index < -0.39 is 0 Å². The van der Waals surface area contributed by atoms with Gasteiger partial charge in [-0.2, -0.15) is 0 Å². The van der Waals surface area contributed by atoms with Gasteiger partial charge in [0.25, 0.3) is 5.91 Å². The molecule has 0 saturated carbocycles. The van der Waals surface area contributed by atoms with Gasteiger partial charge < -0.3 is 25.0 Å². The Morgan fingerprint density at radius 1 is 1.27 bits per heavy atom. The first kappa shape index (κ1) is 18.8. The molecule has 2 atom stereocenters. The van der Waals surface area contributed by atoms with Crippen LogP contribution in [0.15, 0.2) is 42.5 Å². The Labute approximate surface area is 175 Å². The molecule has 3 heterocycles. The Balaban J connectivity index is 1.21. The van der Waals surface area contributed by atoms with Gasteiger partial charge in [0.1, 0.15) is 11.6 Å². The molecule has 2 unspecified atom stereocenters. The normalized spacial score (nSPS) is 23.0. The Morgan fingerprint density at radius 2 is 2.10 bits per heavy atom. The number of benzene rings is 2. The van der Waals surface area contributed by atoms with Gasteiger partial charge in [0.05, 0.1) is 11.4 Å². The summed E-state index contributed by atoms with van der Waals surface area (Å²) in [5.41, 5.74) is 2.63. The van der Waals surface area contributed by atoms with Gasteiger partial charge in [0.15, 0.2) is 18.1 Å². The molecular formula is C23H25N3O4. The Bertz CT molecular complexity index is 1020. The van der Waals surface area contributed by atoms with Crippen LogP contribution in [0, 0.1) is 0 Å². The number of amides is 2. The van der Waals surface area contributed by atoms with E-state index in [2.05, 4.69) is 15.5 Å². The standard InChI is InChI=1S/C23H25N3O4/c1-23(2)11-14-6-5-9-19(21(14)30-23)29-13-20(27)24-15-10-18-22(28)25-16-7-3-4-8-17(16)26(18)12-15/h3-9,15,18H,10-13H2,1-2H3,(H,24,27)(H,25,28). The monoisotopic (exact) mass is 407 g/mol. The quantitative estimate of drug-likeness (QED) is 0.814. The molecule has 1 saturated heterocycles. The number of carbonyl (C=O) groups is 2. The predicted molar refractivity (Wildman–Crippen MR) is 113 cm³/mol. The molecule has 3 aliphatic heterocycles. The number of carbonyl (C=O) groups excluding carboxylic acids is 2. The van der Waals surface area contributed by atoms with Crippen LogP contribution in [0.1, 0.15) is 25.8 Å². The van der Waals surface area contributed by atoms with Gasteiger partial charge in [-0.25, -0.2) is 0 Å². The van der Waals surface area contributed by atoms with Crippen molar-refractivity contribution in [3.63, 3.8) is 0 Å². The Hall–Kier alpha value is -3.22. The van der Waals surface area contributed by atoms with Gasteiger partial charge in [-0.15, -0.1) is 0 Å². The van der Waals surface area contributed by atoms with E-state index in [1.54, 1.807) is 0 Å². The van der Waals surface area contributed by atoms with E-state index in [0.717, 1.165) is 29.1 Å². The molecule has 0 spiro atoms. The summed E-state index contributed by atoms with van der Waals surface area (Å²) in [6, 6.07) is 13.1. The van der Waals surface area contributed by atoms with Gasteiger partial charge in [0, 0.05) is 24.6 Å². The Kier molecular flexibility index (Phi) is 4.34. The van der Waals surface area contributed by atoms with Crippen LogP contribution in [0.2, 0.25) is 0 Å². The summed E-state index contributed by atoms with van der Waals surface area (Å²) >= 11 is 0. The second-order valence-electron chi connectivity index (χ2n) is 8.75. The van der Waals surface area contributed by atoms with Crippen LogP contribution >= 0.6 is 0 Å². The van der Waals surface area contributed by atoms with Crippen LogP contribution < -0.4 is 25.0 Å². The maximum atomic E-state index is 12.5. The van der Waals surface area contributed by atoms with Crippen LogP contribution in [-0.4, -0.2) is 42.7 Å². The number of anilines is 2. The summed E-state index contributed by atoms with van der Waals surface area (Å²) in [5.74, 6) is 1.08. The molecule has 0 bridgehead atoms. The number of nitrogens with zero attached hydrogens (tertiary/aromatic N) is 1. The summed E-state index contributed by atoms with van der Waals surface area (Å²) in [5, 5.41) is 5.96. The molecule has 2 amide bonds. The van der Waals surface area contributed by atoms with Gasteiger partial charge in [-0.1, -0.05) is 24.3 Å². The summed E-state index contributed by atoms with van der Waals surface area (Å²) in [6.45, 7) is 4.57. The average molecular weight is 407 g/mol. The summed E-state index contributed by atoms with van der Waals surface area (Å²) in [4.78, 5) is 27.0. The third-order valence-corrected chi connectivity index (χ3v) is 5.85. The number of para-hydroxylation sites is 3. The molecule has 5 rings (SSSR count). The van der Waals surface area contributed by atoms with E-state index in [1.807, 2.05) is 56.3 Å². The van der Waals surface area contributed by atoms with Crippen molar-refractivity contribution < 1.29 is 19.1 Å². The fourth-order valence-electron chi connectivity index (χ4n) is 4.61. The SMILES string of the molecule is CC1(C)Cc2cccc(OCC(=O)NC3CC4C(=O)Nc5ccccc5N4C3)c2O1. The zero-order valence-electron chi connectivity index (χ0n) is 17.1. The largest absolute Gasteiger partial charge is 0.483 e. The lowest BCUT2D eigenvalue weighted by Gasteiger charge is -2.32. The number of fused-ring (bicyclic) bond motifs is 4. The number of rotatable bonds is 4. The molecule has 2 aromatic rings. The molecule has 1 fully saturated rings. The molecule has 0 aromatic heterocycles. The van der Waals surface area contributed by atoms with Crippen LogP contribution in [0.3, 0.4) is 0 Å². The van der Waals surface area contributed by atoms with Crippen molar-refractivity contribution in [1.29, 1.82) is 0 Å². The predicted octanol–water partition coefficient (Wildman–Crippen LogP) is 2.49. The minimum Gasteiger partial charge on any atom is -0.483 e. The summed E-state index contributed by atoms with van der Waals surface area (Å²) < 4.78 is 11.8. The summed E-state index contributed by atoms with van der Waals surface area (Å²) in [6.07, 6.45) is 1.39. The highest BCUT2D eigenvalue weighted by Crippen LogP contribution is 2.41. The highest BCUT2D eigenvalue weighted by atomic mass is 16.5. The minimum atomic E-state index is -0.268. The molecule has 7 nitrogen and oxygen atoms in total. The lowest BCUT2D eigenvalue weighted by Crippen LogP contribution is -2.44. The van der Waals surface area contributed by atoms with Crippen molar-refractivity contribution in [3.8, 4) is 11.5 Å². The molecule has 7 heteroatoms. The van der Waals surface area contributed by atoms with E-state index in [1.165, 1.54) is 0 Å². The highest BCUT2D eigenvalue weighted by Gasteiger charge is 2.41. The first-order valence-corrected chi connectivity index (χ1v) is 10.3. The molecular weight excluding hydrogens is 382 g/mol. The number of hydrogen-bond acceptors (Lipinski definition) is 5. The zero-order chi connectivity index (χ0) is 20.9. The zero-order valence-corrected chi connectivity index (χ0v) is 17.1. The van der Waals surface area contributed by atoms with E-state index in [0.29, 0.717) is 18.7 Å². The summed E-state index contributed by atoms with van der Waals surface area (Å²) in [7, 11) is 0. The van der Waals surface area contributed by atoms with E-state index in [9.17, 15) is 9.59 Å². The molecule has 156 valence electrons. The van der Waals surface area contributed by atoms with E-state index in [-0.39, 0.29) is 36.1 Å². The van der Waals surface area contributed by atoms with Crippen molar-refractivity contribution in [2.24, 2.45) is 0 Å². The third kappa shape index (κ3) is 3.34. The molecule has 30 heavy (non-hydrogen) atoms. The van der Waals surface area contributed by atoms with Gasteiger partial charge in [0.2, 0.25) is 5.91 Å². The smallest absolute Gasteiger partial charge is 0.258 e. The number of hydrogen-bond donors (Lipinski definition) is 2. The third-order valence-electron chi connectivity index (χ3n) is 5.85. The van der Waals surface area contributed by atoms with Crippen LogP contribution in [0.4, 0.5) is 11.4 Å². The minimum absolute atomic E-state index is 0.0266. The van der Waals surface area contributed by atoms with Gasteiger partial charge in [-0.05, 0) is 38.5 Å². The molecule has 0 aliphatic carbocycles. The maximum absolute atomic E-state index is 12.5. The number of ether oxygens (including phenoxy) is 2. The first-order chi connectivity index (χ1) is 14.4. The van der Waals surface area contributed by atoms with Crippen molar-refractivity contribution in [2.45, 2.75) is 44.4 Å². The number of nitrogens with one attached hydrogen (secondary N) is 2. The Morgan fingerprint density at radius 3 is 2.97 bits per heavy atom. The van der Waals surface area contributed by atoms with Crippen LogP contribution in [0.25, 0.3) is 0 Å². The molecule has 3 aliphatic rings. The van der Waals surface area contributed by atoms with Crippen molar-refractivity contribution >= 4 is 23.2 Å². The fraction of sp³-hybridized carbons (Fsp3) is 0.391. The average Bonchev–Trinajstić information content (AvgIpc) is 3.26. The molecule has 2 aromatic carbocycles. The lowest BCUT2D eigenvalue weighted by molar-refractivity contribution is -0.124. The van der Waals surface area contributed by atoms with E-state index >= 15 is 0 Å². The van der Waals surface area contributed by atoms with E-state index in [4.69, 9.17) is 9.47 Å². The van der Waals surface area contributed by atoms with Crippen molar-refractivity contribution in [2.75, 3.05) is 23.4 Å². The van der Waals surface area contributed by atoms with Crippen LogP contribution in [0.5, 0.6) is 11.5 Å². The van der Waals surface area contributed by atoms with Gasteiger partial charge in [-0.3, -0.25) is 9.59 Å². The van der Waals surface area contributed by atoms with Gasteiger partial charge >= 0.3 is 0 Å². The van der Waals surface area contributed by atoms with Crippen molar-refractivity contribution in [1.82, 2.24) is 5.32 Å².